The van der Waals surface area contributed by atoms with Gasteiger partial charge < -0.3 is 10.5 Å². The molecule has 0 unspecified atom stereocenters. The maximum atomic E-state index is 5.73. The molecule has 0 spiro atoms. The molecule has 0 atom stereocenters. The maximum Gasteiger partial charge on any atom is 0.0963 e. The second kappa shape index (κ2) is 4.74. The van der Waals surface area contributed by atoms with Gasteiger partial charge in [0.15, 0.2) is 0 Å². The second-order valence-electron chi connectivity index (χ2n) is 2.23. The first-order valence-electron chi connectivity index (χ1n) is 3.41. The molecule has 1 rings (SSSR count). The Morgan fingerprint density at radius 1 is 1.58 bits per heavy atom. The van der Waals surface area contributed by atoms with Gasteiger partial charge in [-0.1, -0.05) is 27.7 Å². The summed E-state index contributed by atoms with van der Waals surface area (Å²) in [5.74, 6) is 0.626. The van der Waals surface area contributed by atoms with Gasteiger partial charge >= 0.3 is 0 Å². The Balaban J connectivity index is 2.75. The molecule has 0 saturated heterocycles. The lowest BCUT2D eigenvalue weighted by Crippen LogP contribution is -1.89. The minimum Gasteiger partial charge on any atom is -0.398 e. The average molecular weight is 248 g/mol. The van der Waals surface area contributed by atoms with Crippen molar-refractivity contribution in [1.82, 2.24) is 0 Å². The number of hydrogen-bond donors (Lipinski definition) is 1. The Kier molecular flexibility index (Phi) is 3.91. The number of halogens is 1. The average Bonchev–Trinajstić information content (AvgIpc) is 2.07. The van der Waals surface area contributed by atoms with Gasteiger partial charge in [0.05, 0.1) is 5.94 Å². The van der Waals surface area contributed by atoms with E-state index in [0.717, 1.165) is 15.1 Å². The zero-order valence-corrected chi connectivity index (χ0v) is 9.11. The number of hydrogen-bond acceptors (Lipinski definition) is 3. The third-order valence-electron chi connectivity index (χ3n) is 1.31. The Hall–Kier alpha value is -0.190. The van der Waals surface area contributed by atoms with Gasteiger partial charge in [-0.05, 0) is 18.2 Å². The third kappa shape index (κ3) is 2.69. The van der Waals surface area contributed by atoms with Crippen molar-refractivity contribution in [1.29, 1.82) is 0 Å². The topological polar surface area (TPSA) is 35.2 Å². The van der Waals surface area contributed by atoms with E-state index in [-0.39, 0.29) is 0 Å². The standard InChI is InChI=1S/C8H10BrNOS/c1-11-5-12-8-4-6(9)2-3-7(8)10/h2-4H,5,10H2,1H3. The van der Waals surface area contributed by atoms with E-state index in [0.29, 0.717) is 5.94 Å². The van der Waals surface area contributed by atoms with Crippen LogP contribution in [0.4, 0.5) is 5.69 Å². The fraction of sp³-hybridized carbons (Fsp3) is 0.250. The Morgan fingerprint density at radius 2 is 2.33 bits per heavy atom. The molecule has 66 valence electrons. The normalized spacial score (nSPS) is 10.2. The highest BCUT2D eigenvalue weighted by molar-refractivity contribution is 9.10. The van der Waals surface area contributed by atoms with Crippen LogP contribution in [0.1, 0.15) is 0 Å². The molecule has 0 saturated carbocycles. The van der Waals surface area contributed by atoms with Crippen molar-refractivity contribution >= 4 is 33.4 Å². The van der Waals surface area contributed by atoms with Crippen LogP contribution in [0.2, 0.25) is 0 Å². The molecule has 1 aromatic carbocycles. The van der Waals surface area contributed by atoms with Crippen LogP contribution < -0.4 is 5.73 Å². The number of ether oxygens (including phenoxy) is 1. The van der Waals surface area contributed by atoms with Crippen LogP contribution >= 0.6 is 27.7 Å². The maximum absolute atomic E-state index is 5.73. The van der Waals surface area contributed by atoms with Crippen LogP contribution in [0.25, 0.3) is 0 Å². The van der Waals surface area contributed by atoms with E-state index in [2.05, 4.69) is 15.9 Å². The molecule has 2 N–H and O–H groups in total. The van der Waals surface area contributed by atoms with Crippen LogP contribution in [0, 0.1) is 0 Å². The fourth-order valence-electron chi connectivity index (χ4n) is 0.756. The summed E-state index contributed by atoms with van der Waals surface area (Å²) in [6.45, 7) is 0. The molecule has 12 heavy (non-hydrogen) atoms. The monoisotopic (exact) mass is 247 g/mol. The number of methoxy groups -OCH3 is 1. The molecular weight excluding hydrogens is 238 g/mol. The number of nitrogen functional groups attached to an aromatic ring is 1. The minimum atomic E-state index is 0.626. The first kappa shape index (κ1) is 9.89. The summed E-state index contributed by atoms with van der Waals surface area (Å²) in [6, 6.07) is 5.79. The summed E-state index contributed by atoms with van der Waals surface area (Å²) in [6.07, 6.45) is 0. The number of anilines is 1. The highest BCUT2D eigenvalue weighted by Gasteiger charge is 1.99. The molecule has 0 bridgehead atoms. The lowest BCUT2D eigenvalue weighted by atomic mass is 10.3. The SMILES string of the molecule is COCSc1cc(Br)ccc1N. The molecule has 1 aromatic rings. The van der Waals surface area contributed by atoms with Crippen LogP contribution in [0.15, 0.2) is 27.6 Å². The van der Waals surface area contributed by atoms with E-state index in [1.165, 1.54) is 0 Å². The summed E-state index contributed by atoms with van der Waals surface area (Å²) in [4.78, 5) is 1.05. The third-order valence-corrected chi connectivity index (χ3v) is 2.82. The molecule has 4 heteroatoms. The summed E-state index contributed by atoms with van der Waals surface area (Å²) in [5.41, 5.74) is 6.52. The summed E-state index contributed by atoms with van der Waals surface area (Å²) in [7, 11) is 1.67. The largest absolute Gasteiger partial charge is 0.398 e. The van der Waals surface area contributed by atoms with Gasteiger partial charge in [-0.25, -0.2) is 0 Å². The molecule has 0 aromatic heterocycles. The molecule has 0 radical (unpaired) electrons. The second-order valence-corrected chi connectivity index (χ2v) is 4.11. The van der Waals surface area contributed by atoms with E-state index in [1.807, 2.05) is 18.2 Å². The van der Waals surface area contributed by atoms with E-state index in [4.69, 9.17) is 10.5 Å². The first-order chi connectivity index (χ1) is 5.74. The van der Waals surface area contributed by atoms with Gasteiger partial charge in [0.1, 0.15) is 0 Å². The molecule has 0 aliphatic heterocycles. The van der Waals surface area contributed by atoms with Crippen molar-refractivity contribution in [2.75, 3.05) is 18.8 Å². The molecule has 0 amide bonds. The van der Waals surface area contributed by atoms with Crippen LogP contribution in [0.3, 0.4) is 0 Å². The molecular formula is C8H10BrNOS. The Morgan fingerprint density at radius 3 is 3.00 bits per heavy atom. The van der Waals surface area contributed by atoms with Gasteiger partial charge in [0, 0.05) is 22.2 Å². The van der Waals surface area contributed by atoms with Crippen molar-refractivity contribution < 1.29 is 4.74 Å². The van der Waals surface area contributed by atoms with Gasteiger partial charge in [0.25, 0.3) is 0 Å². The van der Waals surface area contributed by atoms with Gasteiger partial charge in [-0.15, -0.1) is 0 Å². The molecule has 0 fully saturated rings. The van der Waals surface area contributed by atoms with Crippen molar-refractivity contribution in [3.63, 3.8) is 0 Å². The van der Waals surface area contributed by atoms with E-state index in [1.54, 1.807) is 18.9 Å². The number of benzene rings is 1. The zero-order valence-electron chi connectivity index (χ0n) is 6.71. The lowest BCUT2D eigenvalue weighted by molar-refractivity contribution is 0.259. The van der Waals surface area contributed by atoms with E-state index < -0.39 is 0 Å². The predicted molar refractivity (Wildman–Crippen MR) is 56.3 cm³/mol. The van der Waals surface area contributed by atoms with Crippen LogP contribution in [-0.4, -0.2) is 13.0 Å². The van der Waals surface area contributed by atoms with Crippen molar-refractivity contribution in [2.45, 2.75) is 4.90 Å². The molecule has 0 aliphatic rings. The zero-order chi connectivity index (χ0) is 8.97. The molecule has 2 nitrogen and oxygen atoms in total. The van der Waals surface area contributed by atoms with Crippen molar-refractivity contribution in [3.05, 3.63) is 22.7 Å². The lowest BCUT2D eigenvalue weighted by Gasteiger charge is -2.04. The first-order valence-corrected chi connectivity index (χ1v) is 5.18. The van der Waals surface area contributed by atoms with Crippen LogP contribution in [0.5, 0.6) is 0 Å². The molecule has 0 aliphatic carbocycles. The molecule has 0 heterocycles. The summed E-state index contributed by atoms with van der Waals surface area (Å²) >= 11 is 4.96. The van der Waals surface area contributed by atoms with Gasteiger partial charge in [0.2, 0.25) is 0 Å². The summed E-state index contributed by atoms with van der Waals surface area (Å²) in [5, 5.41) is 0. The van der Waals surface area contributed by atoms with Gasteiger partial charge in [-0.2, -0.15) is 0 Å². The summed E-state index contributed by atoms with van der Waals surface area (Å²) < 4.78 is 5.97. The smallest absolute Gasteiger partial charge is 0.0963 e. The Labute approximate surface area is 84.6 Å². The van der Waals surface area contributed by atoms with Crippen molar-refractivity contribution in [3.8, 4) is 0 Å². The number of thioether (sulfide) groups is 1. The fourth-order valence-corrected chi connectivity index (χ4v) is 1.96. The number of rotatable bonds is 3. The minimum absolute atomic E-state index is 0.626. The Bertz CT molecular complexity index is 267. The van der Waals surface area contributed by atoms with Crippen LogP contribution in [-0.2, 0) is 4.74 Å². The quantitative estimate of drug-likeness (QED) is 0.507. The van der Waals surface area contributed by atoms with Crippen molar-refractivity contribution in [2.24, 2.45) is 0 Å². The predicted octanol–water partition coefficient (Wildman–Crippen LogP) is 2.73. The van der Waals surface area contributed by atoms with E-state index >= 15 is 0 Å². The van der Waals surface area contributed by atoms with E-state index in [9.17, 15) is 0 Å². The number of nitrogens with two attached hydrogens (primary N) is 1. The highest BCUT2D eigenvalue weighted by atomic mass is 79.9. The highest BCUT2D eigenvalue weighted by Crippen LogP contribution is 2.27. The van der Waals surface area contributed by atoms with Gasteiger partial charge in [-0.3, -0.25) is 0 Å².